The average Bonchev–Trinajstić information content (AvgIpc) is 2.78. The number of hydrogen-bond donors (Lipinski definition) is 2. The average molecular weight is 384 g/mol. The molecule has 0 amide bonds. The Kier molecular flexibility index (Phi) is 3.50. The van der Waals surface area contributed by atoms with Crippen molar-refractivity contribution in [2.24, 2.45) is 0 Å². The van der Waals surface area contributed by atoms with E-state index in [1.54, 1.807) is 0 Å². The molecule has 0 aromatic heterocycles. The van der Waals surface area contributed by atoms with Gasteiger partial charge in [0, 0.05) is 22.1 Å². The molecule has 0 radical (unpaired) electrons. The van der Waals surface area contributed by atoms with Crippen molar-refractivity contribution in [1.82, 2.24) is 0 Å². The van der Waals surface area contributed by atoms with Crippen molar-refractivity contribution in [1.29, 1.82) is 0 Å². The highest BCUT2D eigenvalue weighted by Gasteiger charge is 2.13. The number of hydrogen-bond acceptors (Lipinski definition) is 2. The van der Waals surface area contributed by atoms with Crippen molar-refractivity contribution in [2.45, 2.75) is 0 Å². The molecule has 0 atom stereocenters. The van der Waals surface area contributed by atoms with Gasteiger partial charge in [0.1, 0.15) is 0 Å². The number of nitrogen functional groups attached to an aromatic ring is 2. The molecule has 6 aromatic carbocycles. The largest absolute Gasteiger partial charge is 0.398 e. The second-order valence-corrected chi connectivity index (χ2v) is 7.89. The molecule has 0 aliphatic heterocycles. The van der Waals surface area contributed by atoms with Gasteiger partial charge in [0.15, 0.2) is 0 Å². The van der Waals surface area contributed by atoms with E-state index in [1.807, 2.05) is 12.1 Å². The summed E-state index contributed by atoms with van der Waals surface area (Å²) in [5.74, 6) is 0. The van der Waals surface area contributed by atoms with Gasteiger partial charge < -0.3 is 11.5 Å². The first-order chi connectivity index (χ1) is 14.7. The molecule has 0 unspecified atom stereocenters. The van der Waals surface area contributed by atoms with Gasteiger partial charge in [-0.3, -0.25) is 0 Å². The quantitative estimate of drug-likeness (QED) is 0.234. The molecule has 0 heterocycles. The van der Waals surface area contributed by atoms with E-state index in [0.717, 1.165) is 32.9 Å². The summed E-state index contributed by atoms with van der Waals surface area (Å²) < 4.78 is 0. The highest BCUT2D eigenvalue weighted by Crippen LogP contribution is 2.40. The van der Waals surface area contributed by atoms with Crippen LogP contribution in [0.4, 0.5) is 11.4 Å². The van der Waals surface area contributed by atoms with Crippen LogP contribution in [0.15, 0.2) is 97.1 Å². The molecule has 0 saturated carbocycles. The molecule has 142 valence electrons. The summed E-state index contributed by atoms with van der Waals surface area (Å²) in [4.78, 5) is 0. The highest BCUT2D eigenvalue weighted by atomic mass is 14.6. The van der Waals surface area contributed by atoms with E-state index in [0.29, 0.717) is 0 Å². The van der Waals surface area contributed by atoms with E-state index in [2.05, 4.69) is 84.9 Å². The first kappa shape index (κ1) is 16.9. The maximum absolute atomic E-state index is 6.39. The molecule has 0 bridgehead atoms. The summed E-state index contributed by atoms with van der Waals surface area (Å²) >= 11 is 0. The molecule has 2 nitrogen and oxygen atoms in total. The Bertz CT molecular complexity index is 1490. The Morgan fingerprint density at radius 3 is 1.07 bits per heavy atom. The van der Waals surface area contributed by atoms with Gasteiger partial charge in [-0.05, 0) is 79.8 Å². The van der Waals surface area contributed by atoms with Crippen LogP contribution < -0.4 is 11.5 Å². The number of fused-ring (bicyclic) bond motifs is 4. The predicted octanol–water partition coefficient (Wildman–Crippen LogP) is 7.13. The molecule has 0 fully saturated rings. The van der Waals surface area contributed by atoms with Crippen molar-refractivity contribution in [3.05, 3.63) is 97.1 Å². The van der Waals surface area contributed by atoms with Gasteiger partial charge in [-0.1, -0.05) is 60.7 Å². The van der Waals surface area contributed by atoms with Gasteiger partial charge in [-0.15, -0.1) is 0 Å². The van der Waals surface area contributed by atoms with Gasteiger partial charge in [-0.25, -0.2) is 0 Å². The topological polar surface area (TPSA) is 52.0 Å². The lowest BCUT2D eigenvalue weighted by atomic mass is 9.90. The van der Waals surface area contributed by atoms with Crippen molar-refractivity contribution in [3.63, 3.8) is 0 Å². The number of rotatable bonds is 1. The van der Waals surface area contributed by atoms with Crippen LogP contribution >= 0.6 is 0 Å². The molecule has 30 heavy (non-hydrogen) atoms. The van der Waals surface area contributed by atoms with Crippen LogP contribution in [0.3, 0.4) is 0 Å². The van der Waals surface area contributed by atoms with E-state index < -0.39 is 0 Å². The fraction of sp³-hybridized carbons (Fsp3) is 0. The van der Waals surface area contributed by atoms with Crippen LogP contribution in [0.2, 0.25) is 0 Å². The summed E-state index contributed by atoms with van der Waals surface area (Å²) in [6.07, 6.45) is 0. The lowest BCUT2D eigenvalue weighted by Crippen LogP contribution is -1.93. The Hall–Kier alpha value is -4.04. The van der Waals surface area contributed by atoms with Gasteiger partial charge >= 0.3 is 0 Å². The Balaban J connectivity index is 1.75. The number of nitrogens with two attached hydrogens (primary N) is 2. The molecule has 0 spiro atoms. The van der Waals surface area contributed by atoms with Crippen LogP contribution in [0, 0.1) is 0 Å². The van der Waals surface area contributed by atoms with Crippen LogP contribution in [0.25, 0.3) is 54.2 Å². The summed E-state index contributed by atoms with van der Waals surface area (Å²) in [6.45, 7) is 0. The van der Waals surface area contributed by atoms with Gasteiger partial charge in [0.2, 0.25) is 0 Å². The first-order valence-corrected chi connectivity index (χ1v) is 10.1. The minimum absolute atomic E-state index is 0.796. The molecule has 2 heteroatoms. The zero-order valence-electron chi connectivity index (χ0n) is 16.4. The van der Waals surface area contributed by atoms with E-state index in [9.17, 15) is 0 Å². The lowest BCUT2D eigenvalue weighted by Gasteiger charge is -2.15. The maximum Gasteiger partial charge on any atom is 0.0394 e. The second kappa shape index (κ2) is 6.23. The number of anilines is 2. The third-order valence-electron chi connectivity index (χ3n) is 6.12. The number of benzene rings is 6. The molecule has 0 aliphatic carbocycles. The third kappa shape index (κ3) is 2.44. The van der Waals surface area contributed by atoms with Gasteiger partial charge in [-0.2, -0.15) is 0 Å². The van der Waals surface area contributed by atoms with Crippen LogP contribution in [-0.4, -0.2) is 0 Å². The maximum atomic E-state index is 6.39. The van der Waals surface area contributed by atoms with E-state index in [1.165, 1.54) is 32.7 Å². The monoisotopic (exact) mass is 384 g/mol. The molecule has 4 N–H and O–H groups in total. The van der Waals surface area contributed by atoms with E-state index >= 15 is 0 Å². The smallest absolute Gasteiger partial charge is 0.0394 e. The second-order valence-electron chi connectivity index (χ2n) is 7.89. The minimum Gasteiger partial charge on any atom is -0.398 e. The predicted molar refractivity (Wildman–Crippen MR) is 131 cm³/mol. The van der Waals surface area contributed by atoms with Crippen LogP contribution in [0.1, 0.15) is 0 Å². The molecular formula is C28H20N2. The zero-order chi connectivity index (χ0) is 20.2. The standard InChI is InChI=1S/C28H20N2/c29-27-11-9-21(23-13-17-5-1-3-7-19(17)15-25(23)27)22-10-12-28(30)26-16-20-8-4-2-6-18(20)14-24(22)26/h1-16H,29-30H2. The summed E-state index contributed by atoms with van der Waals surface area (Å²) in [6, 6.07) is 34.0. The van der Waals surface area contributed by atoms with Crippen molar-refractivity contribution < 1.29 is 0 Å². The summed E-state index contributed by atoms with van der Waals surface area (Å²) in [7, 11) is 0. The first-order valence-electron chi connectivity index (χ1n) is 10.1. The zero-order valence-corrected chi connectivity index (χ0v) is 16.4. The van der Waals surface area contributed by atoms with Crippen molar-refractivity contribution in [3.8, 4) is 11.1 Å². The minimum atomic E-state index is 0.796. The molecule has 6 aromatic rings. The lowest BCUT2D eigenvalue weighted by molar-refractivity contribution is 1.69. The Morgan fingerprint density at radius 2 is 0.700 bits per heavy atom. The molecular weight excluding hydrogens is 364 g/mol. The van der Waals surface area contributed by atoms with E-state index in [4.69, 9.17) is 11.5 Å². The van der Waals surface area contributed by atoms with Gasteiger partial charge in [0.25, 0.3) is 0 Å². The van der Waals surface area contributed by atoms with Crippen LogP contribution in [0.5, 0.6) is 0 Å². The third-order valence-corrected chi connectivity index (χ3v) is 6.12. The van der Waals surface area contributed by atoms with Crippen molar-refractivity contribution in [2.75, 3.05) is 11.5 Å². The SMILES string of the molecule is Nc1ccc(-c2ccc(N)c3cc4ccccc4cc23)c2cc3ccccc3cc12. The molecule has 0 aliphatic rings. The van der Waals surface area contributed by atoms with Crippen LogP contribution in [-0.2, 0) is 0 Å². The normalized spacial score (nSPS) is 11.6. The highest BCUT2D eigenvalue weighted by molar-refractivity contribution is 6.15. The Labute approximate surface area is 174 Å². The Morgan fingerprint density at radius 1 is 0.367 bits per heavy atom. The van der Waals surface area contributed by atoms with E-state index in [-0.39, 0.29) is 0 Å². The summed E-state index contributed by atoms with van der Waals surface area (Å²) in [5, 5.41) is 9.29. The molecule has 6 rings (SSSR count). The summed E-state index contributed by atoms with van der Waals surface area (Å²) in [5.41, 5.74) is 16.7. The molecule has 0 saturated heterocycles. The fourth-order valence-electron chi connectivity index (χ4n) is 4.58. The van der Waals surface area contributed by atoms with Gasteiger partial charge in [0.05, 0.1) is 0 Å². The fourth-order valence-corrected chi connectivity index (χ4v) is 4.58. The van der Waals surface area contributed by atoms with Crippen molar-refractivity contribution >= 4 is 54.5 Å².